The Morgan fingerprint density at radius 2 is 2.00 bits per heavy atom. The summed E-state index contributed by atoms with van der Waals surface area (Å²) in [6.45, 7) is 2.31. The lowest BCUT2D eigenvalue weighted by Crippen LogP contribution is -2.43. The quantitative estimate of drug-likeness (QED) is 0.848. The molecule has 1 unspecified atom stereocenters. The van der Waals surface area contributed by atoms with Crippen LogP contribution in [0.5, 0.6) is 0 Å². The summed E-state index contributed by atoms with van der Waals surface area (Å²) in [6.07, 6.45) is 3.73. The first-order valence-electron chi connectivity index (χ1n) is 7.25. The minimum absolute atomic E-state index is 0.0197. The fraction of sp³-hybridized carbons (Fsp3) is 0.562. The van der Waals surface area contributed by atoms with Crippen LogP contribution in [0.4, 0.5) is 0 Å². The van der Waals surface area contributed by atoms with Crippen molar-refractivity contribution in [3.8, 4) is 0 Å². The summed E-state index contributed by atoms with van der Waals surface area (Å²) in [5, 5.41) is 13.0. The molecule has 0 heterocycles. The molecule has 1 amide bonds. The van der Waals surface area contributed by atoms with Crippen molar-refractivity contribution in [1.82, 2.24) is 5.32 Å². The SMILES string of the molecule is CC(SCc1ccccc1)C(=O)NCC1(O)CCCC1. The van der Waals surface area contributed by atoms with Crippen molar-refractivity contribution in [2.24, 2.45) is 0 Å². The van der Waals surface area contributed by atoms with Gasteiger partial charge in [0.2, 0.25) is 5.91 Å². The zero-order valence-corrected chi connectivity index (χ0v) is 12.8. The molecule has 0 spiro atoms. The Kier molecular flexibility index (Phi) is 5.49. The summed E-state index contributed by atoms with van der Waals surface area (Å²) in [5.74, 6) is 0.853. The van der Waals surface area contributed by atoms with E-state index in [2.05, 4.69) is 17.4 Å². The number of aliphatic hydroxyl groups is 1. The first kappa shape index (κ1) is 15.4. The van der Waals surface area contributed by atoms with Gasteiger partial charge < -0.3 is 10.4 Å². The number of carbonyl (C=O) groups is 1. The van der Waals surface area contributed by atoms with Gasteiger partial charge >= 0.3 is 0 Å². The van der Waals surface area contributed by atoms with Crippen molar-refractivity contribution >= 4 is 17.7 Å². The molecule has 1 aromatic rings. The molecule has 110 valence electrons. The molecule has 20 heavy (non-hydrogen) atoms. The summed E-state index contributed by atoms with van der Waals surface area (Å²) in [4.78, 5) is 12.0. The number of amides is 1. The summed E-state index contributed by atoms with van der Waals surface area (Å²) in [7, 11) is 0. The average Bonchev–Trinajstić information content (AvgIpc) is 2.90. The summed E-state index contributed by atoms with van der Waals surface area (Å²) < 4.78 is 0. The Labute approximate surface area is 125 Å². The van der Waals surface area contributed by atoms with Crippen LogP contribution in [-0.2, 0) is 10.5 Å². The highest BCUT2D eigenvalue weighted by Gasteiger charge is 2.31. The molecule has 4 heteroatoms. The van der Waals surface area contributed by atoms with E-state index < -0.39 is 5.60 Å². The Balaban J connectivity index is 1.72. The van der Waals surface area contributed by atoms with E-state index in [-0.39, 0.29) is 11.2 Å². The molecule has 1 atom stereocenters. The minimum atomic E-state index is -0.667. The third kappa shape index (κ3) is 4.53. The van der Waals surface area contributed by atoms with Crippen LogP contribution in [0.2, 0.25) is 0 Å². The molecule has 3 nitrogen and oxygen atoms in total. The van der Waals surface area contributed by atoms with Gasteiger partial charge in [-0.1, -0.05) is 43.2 Å². The summed E-state index contributed by atoms with van der Waals surface area (Å²) in [6, 6.07) is 10.1. The van der Waals surface area contributed by atoms with E-state index in [0.29, 0.717) is 6.54 Å². The first-order chi connectivity index (χ1) is 9.59. The Morgan fingerprint density at radius 3 is 2.65 bits per heavy atom. The monoisotopic (exact) mass is 293 g/mol. The van der Waals surface area contributed by atoms with Crippen LogP contribution in [0.3, 0.4) is 0 Å². The van der Waals surface area contributed by atoms with E-state index in [1.807, 2.05) is 25.1 Å². The number of hydrogen-bond acceptors (Lipinski definition) is 3. The molecule has 0 bridgehead atoms. The van der Waals surface area contributed by atoms with Crippen molar-refractivity contribution in [1.29, 1.82) is 0 Å². The lowest BCUT2D eigenvalue weighted by atomic mass is 10.0. The molecular weight excluding hydrogens is 270 g/mol. The third-order valence-corrected chi connectivity index (χ3v) is 5.05. The minimum Gasteiger partial charge on any atom is -0.388 e. The normalized spacial score (nSPS) is 18.7. The van der Waals surface area contributed by atoms with Crippen LogP contribution < -0.4 is 5.32 Å². The van der Waals surface area contributed by atoms with Crippen LogP contribution in [0, 0.1) is 0 Å². The van der Waals surface area contributed by atoms with Gasteiger partial charge in [0.15, 0.2) is 0 Å². The number of thioether (sulfide) groups is 1. The highest BCUT2D eigenvalue weighted by Crippen LogP contribution is 2.28. The lowest BCUT2D eigenvalue weighted by molar-refractivity contribution is -0.121. The predicted molar refractivity (Wildman–Crippen MR) is 83.6 cm³/mol. The third-order valence-electron chi connectivity index (χ3n) is 3.84. The average molecular weight is 293 g/mol. The molecule has 1 aliphatic rings. The predicted octanol–water partition coefficient (Wildman–Crippen LogP) is 2.73. The maximum absolute atomic E-state index is 12.0. The topological polar surface area (TPSA) is 49.3 Å². The molecule has 1 aliphatic carbocycles. The van der Waals surface area contributed by atoms with Gasteiger partial charge in [-0.3, -0.25) is 4.79 Å². The zero-order valence-electron chi connectivity index (χ0n) is 12.0. The molecular formula is C16H23NO2S. The number of benzene rings is 1. The Bertz CT molecular complexity index is 429. The van der Waals surface area contributed by atoms with Crippen molar-refractivity contribution in [3.63, 3.8) is 0 Å². The molecule has 2 N–H and O–H groups in total. The molecule has 0 aromatic heterocycles. The second-order valence-electron chi connectivity index (χ2n) is 5.59. The number of carbonyl (C=O) groups excluding carboxylic acids is 1. The second-order valence-corrected chi connectivity index (χ2v) is 6.92. The highest BCUT2D eigenvalue weighted by molar-refractivity contribution is 7.99. The Morgan fingerprint density at radius 1 is 1.35 bits per heavy atom. The van der Waals surface area contributed by atoms with E-state index in [9.17, 15) is 9.90 Å². The van der Waals surface area contributed by atoms with Gasteiger partial charge in [0.25, 0.3) is 0 Å². The standard InChI is InChI=1S/C16H23NO2S/c1-13(20-11-14-7-3-2-4-8-14)15(18)17-12-16(19)9-5-6-10-16/h2-4,7-8,13,19H,5-6,9-12H2,1H3,(H,17,18). The highest BCUT2D eigenvalue weighted by atomic mass is 32.2. The fourth-order valence-corrected chi connectivity index (χ4v) is 3.35. The van der Waals surface area contributed by atoms with Crippen molar-refractivity contribution in [2.75, 3.05) is 6.54 Å². The molecule has 1 saturated carbocycles. The van der Waals surface area contributed by atoms with Crippen molar-refractivity contribution in [3.05, 3.63) is 35.9 Å². The number of rotatable bonds is 6. The van der Waals surface area contributed by atoms with Crippen molar-refractivity contribution in [2.45, 2.75) is 49.2 Å². The molecule has 0 radical (unpaired) electrons. The van der Waals surface area contributed by atoms with Gasteiger partial charge in [-0.05, 0) is 25.3 Å². The van der Waals surface area contributed by atoms with Crippen LogP contribution in [0.25, 0.3) is 0 Å². The molecule has 0 aliphatic heterocycles. The second kappa shape index (κ2) is 7.14. The first-order valence-corrected chi connectivity index (χ1v) is 8.30. The smallest absolute Gasteiger partial charge is 0.232 e. The maximum Gasteiger partial charge on any atom is 0.232 e. The van der Waals surface area contributed by atoms with Crippen LogP contribution >= 0.6 is 11.8 Å². The van der Waals surface area contributed by atoms with Crippen molar-refractivity contribution < 1.29 is 9.90 Å². The van der Waals surface area contributed by atoms with E-state index in [1.165, 1.54) is 5.56 Å². The van der Waals surface area contributed by atoms with Gasteiger partial charge in [-0.25, -0.2) is 0 Å². The van der Waals surface area contributed by atoms with E-state index in [1.54, 1.807) is 11.8 Å². The van der Waals surface area contributed by atoms with E-state index in [0.717, 1.165) is 31.4 Å². The van der Waals surface area contributed by atoms with Gasteiger partial charge in [-0.2, -0.15) is 0 Å². The zero-order chi connectivity index (χ0) is 14.4. The van der Waals surface area contributed by atoms with Crippen LogP contribution in [-0.4, -0.2) is 28.4 Å². The van der Waals surface area contributed by atoms with E-state index in [4.69, 9.17) is 0 Å². The molecule has 1 fully saturated rings. The van der Waals surface area contributed by atoms with Gasteiger partial charge in [0.05, 0.1) is 10.9 Å². The van der Waals surface area contributed by atoms with Gasteiger partial charge in [-0.15, -0.1) is 11.8 Å². The maximum atomic E-state index is 12.0. The molecule has 1 aromatic carbocycles. The van der Waals surface area contributed by atoms with Gasteiger partial charge in [0, 0.05) is 12.3 Å². The summed E-state index contributed by atoms with van der Waals surface area (Å²) >= 11 is 1.63. The van der Waals surface area contributed by atoms with Gasteiger partial charge in [0.1, 0.15) is 0 Å². The Hall–Kier alpha value is -1.00. The van der Waals surface area contributed by atoms with Crippen LogP contribution in [0.1, 0.15) is 38.2 Å². The summed E-state index contributed by atoms with van der Waals surface area (Å²) in [5.41, 5.74) is 0.561. The number of nitrogens with one attached hydrogen (secondary N) is 1. The fourth-order valence-electron chi connectivity index (χ4n) is 2.48. The number of hydrogen-bond donors (Lipinski definition) is 2. The lowest BCUT2D eigenvalue weighted by Gasteiger charge is -2.23. The van der Waals surface area contributed by atoms with E-state index >= 15 is 0 Å². The molecule has 2 rings (SSSR count). The largest absolute Gasteiger partial charge is 0.388 e. The molecule has 0 saturated heterocycles. The van der Waals surface area contributed by atoms with Crippen LogP contribution in [0.15, 0.2) is 30.3 Å².